The zero-order chi connectivity index (χ0) is 16.8. The molecule has 128 valence electrons. The topological polar surface area (TPSA) is 32.3 Å². The van der Waals surface area contributed by atoms with Crippen molar-refractivity contribution in [2.45, 2.75) is 32.7 Å². The van der Waals surface area contributed by atoms with E-state index in [2.05, 4.69) is 46.8 Å². The molecule has 1 aliphatic rings. The smallest absolute Gasteiger partial charge is 0.224 e. The molecule has 1 fully saturated rings. The Kier molecular flexibility index (Phi) is 6.05. The van der Waals surface area contributed by atoms with Crippen molar-refractivity contribution in [3.8, 4) is 0 Å². The van der Waals surface area contributed by atoms with Crippen molar-refractivity contribution in [3.05, 3.63) is 57.8 Å². The van der Waals surface area contributed by atoms with Crippen molar-refractivity contribution in [1.29, 1.82) is 0 Å². The molecule has 1 amide bonds. The molecule has 3 nitrogen and oxygen atoms in total. The zero-order valence-corrected chi connectivity index (χ0v) is 15.1. The number of hydrogen-bond donors (Lipinski definition) is 1. The average molecular weight is 343 g/mol. The summed E-state index contributed by atoms with van der Waals surface area (Å²) in [6, 6.07) is 12.5. The number of carbonyl (C=O) groups is 1. The van der Waals surface area contributed by atoms with Crippen LogP contribution in [0.4, 0.5) is 0 Å². The maximum Gasteiger partial charge on any atom is 0.224 e. The molecule has 1 aliphatic heterocycles. The standard InChI is InChI=1S/C20H26N2OS/c1-16-4-2-5-18(12-16)13-20(23)21-14-17-7-9-22(10-8-17)15-19-6-3-11-24-19/h2-6,11-12,17H,7-10,13-15H2,1H3,(H,21,23). The summed E-state index contributed by atoms with van der Waals surface area (Å²) in [5.41, 5.74) is 2.30. The Bertz CT molecular complexity index is 645. The van der Waals surface area contributed by atoms with Crippen LogP contribution in [0.5, 0.6) is 0 Å². The van der Waals surface area contributed by atoms with Gasteiger partial charge in [0.2, 0.25) is 5.91 Å². The highest BCUT2D eigenvalue weighted by Crippen LogP contribution is 2.20. The number of aryl methyl sites for hydroxylation is 1. The number of rotatable bonds is 6. The Labute approximate surface area is 148 Å². The van der Waals surface area contributed by atoms with Gasteiger partial charge in [0.05, 0.1) is 6.42 Å². The van der Waals surface area contributed by atoms with E-state index in [-0.39, 0.29) is 5.91 Å². The van der Waals surface area contributed by atoms with Crippen LogP contribution in [0.3, 0.4) is 0 Å². The molecule has 3 rings (SSSR count). The molecule has 0 aliphatic carbocycles. The van der Waals surface area contributed by atoms with Crippen LogP contribution in [0.25, 0.3) is 0 Å². The molecule has 1 aromatic carbocycles. The van der Waals surface area contributed by atoms with Gasteiger partial charge >= 0.3 is 0 Å². The van der Waals surface area contributed by atoms with Crippen LogP contribution in [0.1, 0.15) is 28.8 Å². The Morgan fingerprint density at radius 1 is 1.25 bits per heavy atom. The fourth-order valence-corrected chi connectivity index (χ4v) is 4.05. The first-order valence-electron chi connectivity index (χ1n) is 8.76. The van der Waals surface area contributed by atoms with E-state index in [1.807, 2.05) is 23.5 Å². The Morgan fingerprint density at radius 2 is 2.08 bits per heavy atom. The summed E-state index contributed by atoms with van der Waals surface area (Å²) in [4.78, 5) is 16.1. The number of likely N-dealkylation sites (tertiary alicyclic amines) is 1. The van der Waals surface area contributed by atoms with Gasteiger partial charge in [-0.15, -0.1) is 11.3 Å². The van der Waals surface area contributed by atoms with E-state index >= 15 is 0 Å². The van der Waals surface area contributed by atoms with E-state index in [1.165, 1.54) is 23.3 Å². The second kappa shape index (κ2) is 8.45. The number of hydrogen-bond acceptors (Lipinski definition) is 3. The summed E-state index contributed by atoms with van der Waals surface area (Å²) < 4.78 is 0. The van der Waals surface area contributed by atoms with Crippen LogP contribution in [0.2, 0.25) is 0 Å². The van der Waals surface area contributed by atoms with Gasteiger partial charge in [0.1, 0.15) is 0 Å². The zero-order valence-electron chi connectivity index (χ0n) is 14.3. The number of benzene rings is 1. The van der Waals surface area contributed by atoms with Gasteiger partial charge in [-0.25, -0.2) is 0 Å². The number of nitrogens with one attached hydrogen (secondary N) is 1. The van der Waals surface area contributed by atoms with Crippen LogP contribution in [-0.2, 0) is 17.8 Å². The fourth-order valence-electron chi connectivity index (χ4n) is 3.30. The molecule has 0 spiro atoms. The van der Waals surface area contributed by atoms with Gasteiger partial charge in [-0.05, 0) is 55.8 Å². The number of thiophene rings is 1. The van der Waals surface area contributed by atoms with E-state index in [0.29, 0.717) is 12.3 Å². The molecule has 1 saturated heterocycles. The number of nitrogens with zero attached hydrogens (tertiary/aromatic N) is 1. The minimum Gasteiger partial charge on any atom is -0.356 e. The monoisotopic (exact) mass is 342 g/mol. The molecule has 0 radical (unpaired) electrons. The predicted octanol–water partition coefficient (Wildman–Crippen LogP) is 3.63. The minimum atomic E-state index is 0.140. The van der Waals surface area contributed by atoms with Gasteiger partial charge in [-0.3, -0.25) is 9.69 Å². The third-order valence-electron chi connectivity index (χ3n) is 4.70. The van der Waals surface area contributed by atoms with Gasteiger partial charge in [-0.1, -0.05) is 35.9 Å². The van der Waals surface area contributed by atoms with Crippen molar-refractivity contribution in [3.63, 3.8) is 0 Å². The van der Waals surface area contributed by atoms with Crippen molar-refractivity contribution >= 4 is 17.2 Å². The fraction of sp³-hybridized carbons (Fsp3) is 0.450. The summed E-state index contributed by atoms with van der Waals surface area (Å²) in [5, 5.41) is 5.27. The highest BCUT2D eigenvalue weighted by Gasteiger charge is 2.20. The molecule has 24 heavy (non-hydrogen) atoms. The van der Waals surface area contributed by atoms with Gasteiger partial charge in [0, 0.05) is 18.0 Å². The molecule has 0 unspecified atom stereocenters. The number of piperidine rings is 1. The van der Waals surface area contributed by atoms with Crippen LogP contribution >= 0.6 is 11.3 Å². The van der Waals surface area contributed by atoms with Gasteiger partial charge in [0.15, 0.2) is 0 Å². The number of carbonyl (C=O) groups excluding carboxylic acids is 1. The third-order valence-corrected chi connectivity index (χ3v) is 5.56. The van der Waals surface area contributed by atoms with Crippen molar-refractivity contribution in [2.24, 2.45) is 5.92 Å². The lowest BCUT2D eigenvalue weighted by Crippen LogP contribution is -2.38. The Hall–Kier alpha value is -1.65. The number of amides is 1. The molecule has 4 heteroatoms. The summed E-state index contributed by atoms with van der Waals surface area (Å²) in [5.74, 6) is 0.757. The largest absolute Gasteiger partial charge is 0.356 e. The highest BCUT2D eigenvalue weighted by molar-refractivity contribution is 7.09. The van der Waals surface area contributed by atoms with Crippen LogP contribution in [-0.4, -0.2) is 30.4 Å². The third kappa shape index (κ3) is 5.18. The maximum absolute atomic E-state index is 12.1. The summed E-state index contributed by atoms with van der Waals surface area (Å²) in [7, 11) is 0. The lowest BCUT2D eigenvalue weighted by atomic mass is 9.96. The first-order chi connectivity index (χ1) is 11.7. The Balaban J connectivity index is 1.36. The second-order valence-electron chi connectivity index (χ2n) is 6.77. The van der Waals surface area contributed by atoms with E-state index in [0.717, 1.165) is 31.7 Å². The van der Waals surface area contributed by atoms with Gasteiger partial charge in [-0.2, -0.15) is 0 Å². The Morgan fingerprint density at radius 3 is 2.79 bits per heavy atom. The summed E-state index contributed by atoms with van der Waals surface area (Å²) in [6.07, 6.45) is 2.84. The predicted molar refractivity (Wildman–Crippen MR) is 100 cm³/mol. The van der Waals surface area contributed by atoms with Crippen molar-refractivity contribution in [2.75, 3.05) is 19.6 Å². The van der Waals surface area contributed by atoms with Gasteiger partial charge < -0.3 is 5.32 Å². The van der Waals surface area contributed by atoms with Crippen LogP contribution < -0.4 is 5.32 Å². The van der Waals surface area contributed by atoms with E-state index in [1.54, 1.807) is 0 Å². The first-order valence-corrected chi connectivity index (χ1v) is 9.64. The van der Waals surface area contributed by atoms with Crippen LogP contribution in [0.15, 0.2) is 41.8 Å². The average Bonchev–Trinajstić information content (AvgIpc) is 3.07. The molecule has 0 atom stereocenters. The second-order valence-corrected chi connectivity index (χ2v) is 7.80. The molecule has 1 aromatic heterocycles. The normalized spacial score (nSPS) is 16.2. The molecular weight excluding hydrogens is 316 g/mol. The van der Waals surface area contributed by atoms with Crippen LogP contribution in [0, 0.1) is 12.8 Å². The maximum atomic E-state index is 12.1. The summed E-state index contributed by atoms with van der Waals surface area (Å²) >= 11 is 1.83. The summed E-state index contributed by atoms with van der Waals surface area (Å²) in [6.45, 7) is 6.22. The van der Waals surface area contributed by atoms with E-state index < -0.39 is 0 Å². The lowest BCUT2D eigenvalue weighted by Gasteiger charge is -2.31. The van der Waals surface area contributed by atoms with Crippen molar-refractivity contribution in [1.82, 2.24) is 10.2 Å². The van der Waals surface area contributed by atoms with E-state index in [4.69, 9.17) is 0 Å². The van der Waals surface area contributed by atoms with Gasteiger partial charge in [0.25, 0.3) is 0 Å². The first kappa shape index (κ1) is 17.2. The van der Waals surface area contributed by atoms with E-state index in [9.17, 15) is 4.79 Å². The molecule has 0 saturated carbocycles. The molecular formula is C20H26N2OS. The quantitative estimate of drug-likeness (QED) is 0.869. The lowest BCUT2D eigenvalue weighted by molar-refractivity contribution is -0.120. The minimum absolute atomic E-state index is 0.140. The van der Waals surface area contributed by atoms with Crippen molar-refractivity contribution < 1.29 is 4.79 Å². The molecule has 2 aromatic rings. The SMILES string of the molecule is Cc1cccc(CC(=O)NCC2CCN(Cc3cccs3)CC2)c1. The molecule has 2 heterocycles. The molecule has 0 bridgehead atoms. The highest BCUT2D eigenvalue weighted by atomic mass is 32.1. The molecule has 1 N–H and O–H groups in total.